The molecule has 0 unspecified atom stereocenters. The van der Waals surface area contributed by atoms with Crippen LogP contribution in [0.4, 0.5) is 0 Å². The first-order valence-corrected chi connectivity index (χ1v) is 6.41. The zero-order valence-electron chi connectivity index (χ0n) is 10.1. The standard InChI is InChI=1S/C9H18NO5P/c1-6(2)8(12)9(10-7(3)11)16(13,14-4)15-5/h6,9H,1-5H3,(H,10,11)/t9-/m1/s1. The Bertz CT molecular complexity index is 307. The van der Waals surface area contributed by atoms with Crippen molar-refractivity contribution in [1.29, 1.82) is 0 Å². The second-order valence-electron chi connectivity index (χ2n) is 3.57. The van der Waals surface area contributed by atoms with Crippen molar-refractivity contribution in [3.05, 3.63) is 0 Å². The summed E-state index contributed by atoms with van der Waals surface area (Å²) in [6.45, 7) is 4.52. The van der Waals surface area contributed by atoms with E-state index in [0.717, 1.165) is 0 Å². The van der Waals surface area contributed by atoms with Crippen molar-refractivity contribution in [3.8, 4) is 0 Å². The van der Waals surface area contributed by atoms with E-state index in [4.69, 9.17) is 9.05 Å². The van der Waals surface area contributed by atoms with Crippen LogP contribution in [0.5, 0.6) is 0 Å². The lowest BCUT2D eigenvalue weighted by molar-refractivity contribution is -0.127. The monoisotopic (exact) mass is 251 g/mol. The highest BCUT2D eigenvalue weighted by Gasteiger charge is 2.41. The summed E-state index contributed by atoms with van der Waals surface area (Å²) in [6, 6.07) is 0. The van der Waals surface area contributed by atoms with E-state index in [2.05, 4.69) is 5.32 Å². The molecule has 16 heavy (non-hydrogen) atoms. The van der Waals surface area contributed by atoms with Gasteiger partial charge in [0, 0.05) is 27.1 Å². The van der Waals surface area contributed by atoms with Crippen LogP contribution in [0.3, 0.4) is 0 Å². The first kappa shape index (κ1) is 15.3. The zero-order chi connectivity index (χ0) is 12.9. The Morgan fingerprint density at radius 2 is 1.62 bits per heavy atom. The largest absolute Gasteiger partial charge is 0.359 e. The van der Waals surface area contributed by atoms with Gasteiger partial charge in [-0.3, -0.25) is 14.2 Å². The van der Waals surface area contributed by atoms with Crippen LogP contribution in [-0.2, 0) is 23.2 Å². The second-order valence-corrected chi connectivity index (χ2v) is 5.89. The SMILES string of the molecule is COP(=O)(OC)[C@@H](NC(C)=O)C(=O)C(C)C. The van der Waals surface area contributed by atoms with Crippen LogP contribution in [0, 0.1) is 5.92 Å². The number of carbonyl (C=O) groups excluding carboxylic acids is 2. The fourth-order valence-electron chi connectivity index (χ4n) is 1.10. The van der Waals surface area contributed by atoms with Crippen molar-refractivity contribution in [2.45, 2.75) is 26.6 Å². The molecule has 0 bridgehead atoms. The predicted octanol–water partition coefficient (Wildman–Crippen LogP) is 1.16. The number of hydrogen-bond acceptors (Lipinski definition) is 5. The minimum Gasteiger partial charge on any atom is -0.336 e. The molecule has 0 aromatic rings. The van der Waals surface area contributed by atoms with E-state index in [1.54, 1.807) is 13.8 Å². The number of nitrogens with one attached hydrogen (secondary N) is 1. The Morgan fingerprint density at radius 1 is 1.19 bits per heavy atom. The lowest BCUT2D eigenvalue weighted by atomic mass is 10.1. The molecule has 0 heterocycles. The third-order valence-corrected chi connectivity index (χ3v) is 4.04. The van der Waals surface area contributed by atoms with E-state index in [1.165, 1.54) is 21.1 Å². The van der Waals surface area contributed by atoms with Gasteiger partial charge < -0.3 is 14.4 Å². The van der Waals surface area contributed by atoms with Gasteiger partial charge in [0.1, 0.15) is 0 Å². The number of hydrogen-bond donors (Lipinski definition) is 1. The maximum atomic E-state index is 12.1. The van der Waals surface area contributed by atoms with Gasteiger partial charge in [-0.05, 0) is 0 Å². The Kier molecular flexibility index (Phi) is 5.86. The van der Waals surface area contributed by atoms with Gasteiger partial charge in [-0.1, -0.05) is 13.8 Å². The molecule has 0 aliphatic carbocycles. The Hall–Kier alpha value is -0.710. The molecular weight excluding hydrogens is 233 g/mol. The summed E-state index contributed by atoms with van der Waals surface area (Å²) in [5.74, 6) is -2.48. The zero-order valence-corrected chi connectivity index (χ0v) is 11.0. The van der Waals surface area contributed by atoms with Gasteiger partial charge in [-0.25, -0.2) is 0 Å². The maximum Gasteiger partial charge on any atom is 0.359 e. The molecular formula is C9H18NO5P. The van der Waals surface area contributed by atoms with Crippen LogP contribution in [0.15, 0.2) is 0 Å². The molecule has 0 spiro atoms. The lowest BCUT2D eigenvalue weighted by Crippen LogP contribution is -2.42. The fraction of sp³-hybridized carbons (Fsp3) is 0.778. The fourth-order valence-corrected chi connectivity index (χ4v) is 2.62. The molecule has 94 valence electrons. The summed E-state index contributed by atoms with van der Waals surface area (Å²) < 4.78 is 21.5. The van der Waals surface area contributed by atoms with Crippen molar-refractivity contribution in [2.24, 2.45) is 5.92 Å². The third-order valence-electron chi connectivity index (χ3n) is 2.00. The molecule has 0 aliphatic heterocycles. The highest BCUT2D eigenvalue weighted by atomic mass is 31.2. The average Bonchev–Trinajstić information content (AvgIpc) is 2.23. The first-order chi connectivity index (χ1) is 7.28. The molecule has 6 nitrogen and oxygen atoms in total. The van der Waals surface area contributed by atoms with E-state index in [-0.39, 0.29) is 11.7 Å². The van der Waals surface area contributed by atoms with Crippen LogP contribution in [0.2, 0.25) is 0 Å². The average molecular weight is 251 g/mol. The number of amides is 1. The quantitative estimate of drug-likeness (QED) is 0.716. The first-order valence-electron chi connectivity index (χ1n) is 4.80. The van der Waals surface area contributed by atoms with E-state index in [1.807, 2.05) is 0 Å². The van der Waals surface area contributed by atoms with Gasteiger partial charge in [-0.2, -0.15) is 0 Å². The highest BCUT2D eigenvalue weighted by Crippen LogP contribution is 2.51. The molecule has 0 fully saturated rings. The minimum absolute atomic E-state index is 0.379. The van der Waals surface area contributed by atoms with Gasteiger partial charge in [0.05, 0.1) is 0 Å². The molecule has 0 saturated heterocycles. The second kappa shape index (κ2) is 6.13. The van der Waals surface area contributed by atoms with Crippen molar-refractivity contribution in [1.82, 2.24) is 5.32 Å². The summed E-state index contributed by atoms with van der Waals surface area (Å²) in [5.41, 5.74) is 0. The van der Waals surface area contributed by atoms with Crippen molar-refractivity contribution in [3.63, 3.8) is 0 Å². The lowest BCUT2D eigenvalue weighted by Gasteiger charge is -2.24. The van der Waals surface area contributed by atoms with Crippen LogP contribution in [-0.4, -0.2) is 31.7 Å². The molecule has 0 rings (SSSR count). The normalized spacial score (nSPS) is 13.6. The van der Waals surface area contributed by atoms with Gasteiger partial charge in [0.25, 0.3) is 0 Å². The molecule has 7 heteroatoms. The number of carbonyl (C=O) groups is 2. The molecule has 1 N–H and O–H groups in total. The molecule has 0 saturated carbocycles. The summed E-state index contributed by atoms with van der Waals surface area (Å²) in [4.78, 5) is 22.8. The topological polar surface area (TPSA) is 81.7 Å². The molecule has 0 aromatic heterocycles. The van der Waals surface area contributed by atoms with Gasteiger partial charge in [0.2, 0.25) is 5.91 Å². The summed E-state index contributed by atoms with van der Waals surface area (Å²) in [5, 5.41) is 2.30. The van der Waals surface area contributed by atoms with Gasteiger partial charge in [-0.15, -0.1) is 0 Å². The third kappa shape index (κ3) is 3.70. The van der Waals surface area contributed by atoms with Crippen LogP contribution in [0.25, 0.3) is 0 Å². The molecule has 0 aliphatic rings. The van der Waals surface area contributed by atoms with E-state index >= 15 is 0 Å². The van der Waals surface area contributed by atoms with E-state index in [9.17, 15) is 14.2 Å². The molecule has 0 aromatic carbocycles. The maximum absolute atomic E-state index is 12.1. The summed E-state index contributed by atoms with van der Waals surface area (Å²) in [7, 11) is -1.29. The van der Waals surface area contributed by atoms with Crippen molar-refractivity contribution < 1.29 is 23.2 Å². The smallest absolute Gasteiger partial charge is 0.336 e. The Balaban J connectivity index is 5.15. The highest BCUT2D eigenvalue weighted by molar-refractivity contribution is 7.55. The Labute approximate surface area is 95.2 Å². The van der Waals surface area contributed by atoms with Gasteiger partial charge in [0.15, 0.2) is 11.6 Å². The van der Waals surface area contributed by atoms with Crippen LogP contribution < -0.4 is 5.32 Å². The Morgan fingerprint density at radius 3 is 1.88 bits per heavy atom. The number of rotatable bonds is 6. The summed E-state index contributed by atoms with van der Waals surface area (Å²) in [6.07, 6.45) is 0. The molecule has 1 amide bonds. The minimum atomic E-state index is -3.64. The van der Waals surface area contributed by atoms with Crippen LogP contribution in [0.1, 0.15) is 20.8 Å². The number of Topliss-reactive ketones (excluding diaryl/α,β-unsaturated/α-hetero) is 1. The predicted molar refractivity (Wildman–Crippen MR) is 59.1 cm³/mol. The number of ketones is 1. The van der Waals surface area contributed by atoms with Crippen molar-refractivity contribution >= 4 is 19.3 Å². The van der Waals surface area contributed by atoms with Crippen LogP contribution >= 0.6 is 7.60 Å². The van der Waals surface area contributed by atoms with E-state index in [0.29, 0.717) is 0 Å². The van der Waals surface area contributed by atoms with E-state index < -0.39 is 19.3 Å². The van der Waals surface area contributed by atoms with Crippen molar-refractivity contribution in [2.75, 3.05) is 14.2 Å². The summed E-state index contributed by atoms with van der Waals surface area (Å²) >= 11 is 0. The van der Waals surface area contributed by atoms with Gasteiger partial charge >= 0.3 is 7.60 Å². The molecule has 1 atom stereocenters. The molecule has 0 radical (unpaired) electrons.